The number of halogens is 1. The number of thioether (sulfide) groups is 1. The van der Waals surface area contributed by atoms with Crippen LogP contribution in [0.3, 0.4) is 0 Å². The summed E-state index contributed by atoms with van der Waals surface area (Å²) in [4.78, 5) is 0. The van der Waals surface area contributed by atoms with Crippen molar-refractivity contribution in [2.75, 3.05) is 7.11 Å². The third kappa shape index (κ3) is 3.70. The fraction of sp³-hybridized carbons (Fsp3) is 0.444. The average molecular weight is 337 g/mol. The molecule has 0 unspecified atom stereocenters. The van der Waals surface area contributed by atoms with E-state index in [4.69, 9.17) is 21.1 Å². The molecule has 0 radical (unpaired) electrons. The van der Waals surface area contributed by atoms with Crippen molar-refractivity contribution in [2.45, 2.75) is 36.6 Å². The van der Waals surface area contributed by atoms with Gasteiger partial charge in [0, 0.05) is 21.5 Å². The van der Waals surface area contributed by atoms with Crippen LogP contribution < -0.4 is 4.74 Å². The lowest BCUT2D eigenvalue weighted by atomic mass is 9.90. The molecule has 1 fully saturated rings. The number of fused-ring (bicyclic) bond motifs is 1. The van der Waals surface area contributed by atoms with Crippen LogP contribution in [0.1, 0.15) is 18.9 Å². The van der Waals surface area contributed by atoms with Crippen LogP contribution in [0.4, 0.5) is 0 Å². The van der Waals surface area contributed by atoms with Gasteiger partial charge in [0.15, 0.2) is 0 Å². The molecule has 1 aliphatic heterocycles. The highest BCUT2D eigenvalue weighted by Crippen LogP contribution is 2.42. The van der Waals surface area contributed by atoms with E-state index in [9.17, 15) is 0 Å². The van der Waals surface area contributed by atoms with Gasteiger partial charge in [0.05, 0.1) is 19.8 Å². The topological polar surface area (TPSA) is 18.5 Å². The normalized spacial score (nSPS) is 30.6. The molecule has 0 saturated carbocycles. The lowest BCUT2D eigenvalue weighted by Crippen LogP contribution is -2.38. The van der Waals surface area contributed by atoms with Gasteiger partial charge in [-0.25, -0.2) is 0 Å². The maximum atomic E-state index is 6.25. The predicted molar refractivity (Wildman–Crippen MR) is 93.6 cm³/mol. The summed E-state index contributed by atoms with van der Waals surface area (Å²) in [5.41, 5.74) is 1.14. The molecule has 1 aliphatic carbocycles. The van der Waals surface area contributed by atoms with E-state index < -0.39 is 0 Å². The Morgan fingerprint density at radius 3 is 3.05 bits per heavy atom. The van der Waals surface area contributed by atoms with Crippen molar-refractivity contribution in [1.82, 2.24) is 0 Å². The zero-order chi connectivity index (χ0) is 15.5. The van der Waals surface area contributed by atoms with Gasteiger partial charge in [-0.3, -0.25) is 0 Å². The first kappa shape index (κ1) is 16.0. The van der Waals surface area contributed by atoms with Crippen LogP contribution in [0.2, 0.25) is 0 Å². The molecule has 4 heteroatoms. The zero-order valence-electron chi connectivity index (χ0n) is 12.9. The molecule has 1 saturated heterocycles. The highest BCUT2D eigenvalue weighted by atomic mass is 35.5. The van der Waals surface area contributed by atoms with Gasteiger partial charge in [-0.1, -0.05) is 42.8 Å². The monoisotopic (exact) mass is 336 g/mol. The van der Waals surface area contributed by atoms with Crippen molar-refractivity contribution in [3.63, 3.8) is 0 Å². The van der Waals surface area contributed by atoms with E-state index in [0.717, 1.165) is 22.8 Å². The largest absolute Gasteiger partial charge is 0.497 e. The highest BCUT2D eigenvalue weighted by molar-refractivity contribution is 8.00. The zero-order valence-corrected chi connectivity index (χ0v) is 14.4. The van der Waals surface area contributed by atoms with E-state index in [2.05, 4.69) is 25.1 Å². The van der Waals surface area contributed by atoms with E-state index >= 15 is 0 Å². The number of hydrogen-bond donors (Lipinski definition) is 0. The number of hydrogen-bond acceptors (Lipinski definition) is 3. The number of allylic oxidation sites excluding steroid dienone is 2. The van der Waals surface area contributed by atoms with Crippen molar-refractivity contribution in [1.29, 1.82) is 0 Å². The molecule has 0 N–H and O–H groups in total. The molecule has 0 spiro atoms. The Morgan fingerprint density at radius 2 is 2.23 bits per heavy atom. The van der Waals surface area contributed by atoms with Gasteiger partial charge in [0.25, 0.3) is 0 Å². The van der Waals surface area contributed by atoms with Crippen molar-refractivity contribution < 1.29 is 9.47 Å². The first-order valence-corrected chi connectivity index (χ1v) is 8.93. The lowest BCUT2D eigenvalue weighted by Gasteiger charge is -2.39. The van der Waals surface area contributed by atoms with Crippen LogP contribution in [0, 0.1) is 5.92 Å². The smallest absolute Gasteiger partial charge is 0.119 e. The molecule has 4 atom stereocenters. The van der Waals surface area contributed by atoms with Crippen molar-refractivity contribution in [3.05, 3.63) is 53.1 Å². The van der Waals surface area contributed by atoms with Gasteiger partial charge < -0.3 is 9.47 Å². The molecule has 2 nitrogen and oxygen atoms in total. The fourth-order valence-electron chi connectivity index (χ4n) is 3.06. The minimum Gasteiger partial charge on any atom is -0.497 e. The first-order valence-electron chi connectivity index (χ1n) is 7.61. The average Bonchev–Trinajstić information content (AvgIpc) is 2.53. The summed E-state index contributed by atoms with van der Waals surface area (Å²) in [5.74, 6) is 1.24. The van der Waals surface area contributed by atoms with Crippen LogP contribution in [0.15, 0.2) is 47.5 Å². The Bertz CT molecular complexity index is 584. The molecule has 1 aromatic rings. The molecular weight excluding hydrogens is 316 g/mol. The summed E-state index contributed by atoms with van der Waals surface area (Å²) >= 11 is 8.20. The van der Waals surface area contributed by atoms with Gasteiger partial charge >= 0.3 is 0 Å². The maximum Gasteiger partial charge on any atom is 0.119 e. The predicted octanol–water partition coefficient (Wildman–Crippen LogP) is 4.78. The van der Waals surface area contributed by atoms with Gasteiger partial charge in [-0.15, -0.1) is 0 Å². The van der Waals surface area contributed by atoms with Crippen molar-refractivity contribution >= 4 is 23.4 Å². The molecule has 0 aromatic heterocycles. The molecule has 1 heterocycles. The summed E-state index contributed by atoms with van der Waals surface area (Å²) in [6, 6.07) is 8.06. The molecule has 3 rings (SSSR count). The Hall–Kier alpha value is -0.900. The quantitative estimate of drug-likeness (QED) is 0.788. The Kier molecular flexibility index (Phi) is 5.17. The summed E-state index contributed by atoms with van der Waals surface area (Å²) in [6.45, 7) is 2.88. The molecule has 1 aromatic carbocycles. The number of benzene rings is 1. The van der Waals surface area contributed by atoms with Gasteiger partial charge in [-0.2, -0.15) is 11.8 Å². The third-order valence-electron chi connectivity index (χ3n) is 4.16. The number of ether oxygens (including phenoxy) is 2. The molecule has 0 amide bonds. The van der Waals surface area contributed by atoms with E-state index in [1.54, 1.807) is 7.11 Å². The van der Waals surface area contributed by atoms with Crippen LogP contribution >= 0.6 is 23.4 Å². The second kappa shape index (κ2) is 7.12. The Balaban J connectivity index is 1.68. The lowest BCUT2D eigenvalue weighted by molar-refractivity contribution is 0.00709. The fourth-order valence-corrected chi connectivity index (χ4v) is 4.72. The van der Waals surface area contributed by atoms with Crippen molar-refractivity contribution in [3.8, 4) is 5.75 Å². The summed E-state index contributed by atoms with van der Waals surface area (Å²) in [5, 5.41) is 1.90. The SMILES string of the molecule is COc1cccc(CO[C@H]2C[C@@H](C)S[C@@H]3C=CC(Cl)=C[C@@H]23)c1. The number of methoxy groups -OCH3 is 1. The summed E-state index contributed by atoms with van der Waals surface area (Å²) in [7, 11) is 1.69. The van der Waals surface area contributed by atoms with Crippen LogP contribution in [0.5, 0.6) is 5.75 Å². The molecule has 2 aliphatic rings. The molecular formula is C18H21ClO2S. The second-order valence-corrected chi connectivity index (χ2v) is 7.89. The van der Waals surface area contributed by atoms with E-state index in [1.807, 2.05) is 36.0 Å². The van der Waals surface area contributed by atoms with Crippen LogP contribution in [-0.2, 0) is 11.3 Å². The summed E-state index contributed by atoms with van der Waals surface area (Å²) < 4.78 is 11.5. The highest BCUT2D eigenvalue weighted by Gasteiger charge is 2.36. The Labute approximate surface area is 141 Å². The summed E-state index contributed by atoms with van der Waals surface area (Å²) in [6.07, 6.45) is 7.65. The minimum absolute atomic E-state index is 0.214. The van der Waals surface area contributed by atoms with Crippen LogP contribution in [-0.4, -0.2) is 23.7 Å². The molecule has 118 valence electrons. The Morgan fingerprint density at radius 1 is 1.36 bits per heavy atom. The standard InChI is InChI=1S/C18H21ClO2S/c1-12-8-17(16-10-14(19)6-7-18(16)22-12)21-11-13-4-3-5-15(9-13)20-2/h3-7,9-10,12,16-18H,8,11H2,1-2H3/t12-,16+,17+,18-/m1/s1. The second-order valence-electron chi connectivity index (χ2n) is 5.84. The first-order chi connectivity index (χ1) is 10.7. The van der Waals surface area contributed by atoms with Crippen molar-refractivity contribution in [2.24, 2.45) is 5.92 Å². The van der Waals surface area contributed by atoms with Gasteiger partial charge in [0.1, 0.15) is 5.75 Å². The third-order valence-corrected chi connectivity index (χ3v) is 5.85. The maximum absolute atomic E-state index is 6.25. The van der Waals surface area contributed by atoms with Gasteiger partial charge in [0.2, 0.25) is 0 Å². The van der Waals surface area contributed by atoms with E-state index in [-0.39, 0.29) is 6.10 Å². The van der Waals surface area contributed by atoms with Crippen LogP contribution in [0.25, 0.3) is 0 Å². The molecule has 0 bridgehead atoms. The van der Waals surface area contributed by atoms with Gasteiger partial charge in [-0.05, 0) is 30.2 Å². The van der Waals surface area contributed by atoms with E-state index in [1.165, 1.54) is 0 Å². The van der Waals surface area contributed by atoms with E-state index in [0.29, 0.717) is 23.0 Å². The number of rotatable bonds is 4. The minimum atomic E-state index is 0.214. The molecule has 22 heavy (non-hydrogen) atoms.